The van der Waals surface area contributed by atoms with Gasteiger partial charge >= 0.3 is 0 Å². The van der Waals surface area contributed by atoms with Crippen LogP contribution in [0.3, 0.4) is 0 Å². The zero-order chi connectivity index (χ0) is 15.7. The molecule has 1 atom stereocenters. The lowest BCUT2D eigenvalue weighted by Crippen LogP contribution is -2.38. The summed E-state index contributed by atoms with van der Waals surface area (Å²) in [4.78, 5) is 9.05. The van der Waals surface area contributed by atoms with E-state index < -0.39 is 10.0 Å². The van der Waals surface area contributed by atoms with Crippen molar-refractivity contribution in [1.82, 2.24) is 24.5 Å². The van der Waals surface area contributed by atoms with Crippen molar-refractivity contribution in [3.05, 3.63) is 29.8 Å². The minimum atomic E-state index is -3.27. The van der Waals surface area contributed by atoms with Crippen LogP contribution in [0, 0.1) is 6.92 Å². The first kappa shape index (κ1) is 15.1. The first-order valence-electron chi connectivity index (χ1n) is 7.27. The first-order chi connectivity index (χ1) is 10.4. The van der Waals surface area contributed by atoms with Gasteiger partial charge < -0.3 is 0 Å². The van der Waals surface area contributed by atoms with Gasteiger partial charge in [0, 0.05) is 18.4 Å². The molecule has 22 heavy (non-hydrogen) atoms. The molecule has 3 rings (SSSR count). The number of hydrogen-bond acceptors (Lipinski definition) is 5. The summed E-state index contributed by atoms with van der Waals surface area (Å²) < 4.78 is 25.6. The molecule has 7 nitrogen and oxygen atoms in total. The van der Waals surface area contributed by atoms with Crippen LogP contribution in [0.2, 0.25) is 0 Å². The number of H-pyrrole nitrogens is 1. The van der Waals surface area contributed by atoms with Crippen molar-refractivity contribution in [3.63, 3.8) is 0 Å². The number of sulfonamides is 1. The molecule has 1 fully saturated rings. The summed E-state index contributed by atoms with van der Waals surface area (Å²) in [6.45, 7) is 2.42. The Kier molecular flexibility index (Phi) is 3.96. The van der Waals surface area contributed by atoms with E-state index in [4.69, 9.17) is 0 Å². The zero-order valence-electron chi connectivity index (χ0n) is 12.7. The molecule has 1 aliphatic heterocycles. The highest BCUT2D eigenvalue weighted by Gasteiger charge is 2.32. The minimum absolute atomic E-state index is 0.287. The molecule has 1 N–H and O–H groups in total. The second kappa shape index (κ2) is 5.77. The van der Waals surface area contributed by atoms with E-state index >= 15 is 0 Å². The van der Waals surface area contributed by atoms with Crippen LogP contribution >= 0.6 is 0 Å². The molecule has 0 unspecified atom stereocenters. The van der Waals surface area contributed by atoms with Gasteiger partial charge in [-0.2, -0.15) is 9.40 Å². The van der Waals surface area contributed by atoms with E-state index in [-0.39, 0.29) is 6.04 Å². The Hall–Kier alpha value is -1.80. The van der Waals surface area contributed by atoms with Crippen molar-refractivity contribution in [1.29, 1.82) is 0 Å². The number of hydrogen-bond donors (Lipinski definition) is 1. The van der Waals surface area contributed by atoms with Gasteiger partial charge in [-0.15, -0.1) is 0 Å². The quantitative estimate of drug-likeness (QED) is 0.928. The fraction of sp³-hybridized carbons (Fsp3) is 0.500. The topological polar surface area (TPSA) is 91.8 Å². The van der Waals surface area contributed by atoms with Gasteiger partial charge in [-0.05, 0) is 31.9 Å². The number of nitrogens with one attached hydrogen (secondary N) is 1. The summed E-state index contributed by atoms with van der Waals surface area (Å²) >= 11 is 0. The van der Waals surface area contributed by atoms with Gasteiger partial charge in [-0.1, -0.05) is 6.42 Å². The van der Waals surface area contributed by atoms with Crippen molar-refractivity contribution in [2.45, 2.75) is 32.2 Å². The van der Waals surface area contributed by atoms with Crippen LogP contribution in [0.15, 0.2) is 18.3 Å². The number of nitrogens with zero attached hydrogens (tertiary/aromatic N) is 4. The predicted molar refractivity (Wildman–Crippen MR) is 82.5 cm³/mol. The Morgan fingerprint density at radius 1 is 1.32 bits per heavy atom. The van der Waals surface area contributed by atoms with Crippen LogP contribution in [0.5, 0.6) is 0 Å². The van der Waals surface area contributed by atoms with Gasteiger partial charge in [0.2, 0.25) is 10.0 Å². The molecule has 0 radical (unpaired) electrons. The molecule has 0 spiro atoms. The van der Waals surface area contributed by atoms with E-state index in [2.05, 4.69) is 20.2 Å². The van der Waals surface area contributed by atoms with Crippen LogP contribution < -0.4 is 0 Å². The van der Waals surface area contributed by atoms with Crippen molar-refractivity contribution >= 4 is 10.0 Å². The molecule has 118 valence electrons. The molecule has 0 aliphatic carbocycles. The van der Waals surface area contributed by atoms with Crippen molar-refractivity contribution in [2.24, 2.45) is 0 Å². The number of rotatable bonds is 3. The van der Waals surface area contributed by atoms with Crippen molar-refractivity contribution < 1.29 is 8.42 Å². The van der Waals surface area contributed by atoms with E-state index in [1.807, 2.05) is 19.1 Å². The summed E-state index contributed by atoms with van der Waals surface area (Å²) in [6, 6.07) is 3.41. The van der Waals surface area contributed by atoms with E-state index in [1.165, 1.54) is 10.6 Å². The van der Waals surface area contributed by atoms with Crippen molar-refractivity contribution in [3.8, 4) is 11.4 Å². The summed E-state index contributed by atoms with van der Waals surface area (Å²) in [5.74, 6) is 0.565. The highest BCUT2D eigenvalue weighted by atomic mass is 32.2. The molecule has 2 aromatic heterocycles. The standard InChI is InChI=1S/C14H19N5O2S/c1-10-9-12(11-6-7-15-18-11)17-14(16-10)13-5-3-4-8-19(13)22(2,20)21/h6-7,9,13H,3-5,8H2,1-2H3,(H,15,18)/t13-/m0/s1. The fourth-order valence-electron chi connectivity index (χ4n) is 2.84. The molecular weight excluding hydrogens is 302 g/mol. The Morgan fingerprint density at radius 3 is 2.82 bits per heavy atom. The van der Waals surface area contributed by atoms with Crippen LogP contribution in [0.25, 0.3) is 11.4 Å². The highest BCUT2D eigenvalue weighted by molar-refractivity contribution is 7.88. The van der Waals surface area contributed by atoms with E-state index in [0.29, 0.717) is 12.4 Å². The second-order valence-corrected chi connectivity index (χ2v) is 7.54. The number of piperidine rings is 1. The Bertz CT molecular complexity index is 758. The van der Waals surface area contributed by atoms with Gasteiger partial charge in [0.15, 0.2) is 0 Å². The Labute approximate surface area is 129 Å². The second-order valence-electron chi connectivity index (χ2n) is 5.61. The zero-order valence-corrected chi connectivity index (χ0v) is 13.5. The minimum Gasteiger partial charge on any atom is -0.276 e. The third kappa shape index (κ3) is 3.02. The predicted octanol–water partition coefficient (Wildman–Crippen LogP) is 1.66. The molecule has 0 amide bonds. The van der Waals surface area contributed by atoms with Crippen LogP contribution in [0.1, 0.15) is 36.8 Å². The van der Waals surface area contributed by atoms with E-state index in [1.54, 1.807) is 6.20 Å². The summed E-state index contributed by atoms with van der Waals surface area (Å²) in [5.41, 5.74) is 2.35. The molecule has 8 heteroatoms. The maximum Gasteiger partial charge on any atom is 0.211 e. The molecule has 1 saturated heterocycles. The monoisotopic (exact) mass is 321 g/mol. The normalized spacial score (nSPS) is 20.2. The van der Waals surface area contributed by atoms with Gasteiger partial charge in [-0.3, -0.25) is 5.10 Å². The molecule has 0 aromatic carbocycles. The third-order valence-corrected chi connectivity index (χ3v) is 5.11. The smallest absolute Gasteiger partial charge is 0.211 e. The van der Waals surface area contributed by atoms with Gasteiger partial charge in [0.1, 0.15) is 5.82 Å². The third-order valence-electron chi connectivity index (χ3n) is 3.83. The molecule has 2 aromatic rings. The first-order valence-corrected chi connectivity index (χ1v) is 9.12. The maximum atomic E-state index is 12.0. The van der Waals surface area contributed by atoms with E-state index in [9.17, 15) is 8.42 Å². The molecule has 3 heterocycles. The van der Waals surface area contributed by atoms with Crippen LogP contribution in [0.4, 0.5) is 0 Å². The van der Waals surface area contributed by atoms with Crippen LogP contribution in [-0.4, -0.2) is 45.7 Å². The molecule has 0 bridgehead atoms. The molecule has 1 aliphatic rings. The SMILES string of the molecule is Cc1cc(-c2ccn[nH]2)nc([C@@H]2CCCCN2S(C)(=O)=O)n1. The average molecular weight is 321 g/mol. The summed E-state index contributed by atoms with van der Waals surface area (Å²) in [6.07, 6.45) is 5.52. The number of aromatic nitrogens is 4. The van der Waals surface area contributed by atoms with Gasteiger partial charge in [-0.25, -0.2) is 18.4 Å². The lowest BCUT2D eigenvalue weighted by Gasteiger charge is -2.32. The molecule has 0 saturated carbocycles. The Balaban J connectivity index is 2.03. The van der Waals surface area contributed by atoms with Crippen LogP contribution in [-0.2, 0) is 10.0 Å². The summed E-state index contributed by atoms with van der Waals surface area (Å²) in [7, 11) is -3.27. The summed E-state index contributed by atoms with van der Waals surface area (Å²) in [5, 5.41) is 6.81. The largest absolute Gasteiger partial charge is 0.276 e. The lowest BCUT2D eigenvalue weighted by molar-refractivity contribution is 0.248. The fourth-order valence-corrected chi connectivity index (χ4v) is 3.96. The number of aromatic amines is 1. The Morgan fingerprint density at radius 2 is 2.14 bits per heavy atom. The van der Waals surface area contributed by atoms with Gasteiger partial charge in [0.05, 0.1) is 23.7 Å². The van der Waals surface area contributed by atoms with Crippen molar-refractivity contribution in [2.75, 3.05) is 12.8 Å². The van der Waals surface area contributed by atoms with Gasteiger partial charge in [0.25, 0.3) is 0 Å². The lowest BCUT2D eigenvalue weighted by atomic mass is 10.0. The van der Waals surface area contributed by atoms with E-state index in [0.717, 1.165) is 36.3 Å². The highest BCUT2D eigenvalue weighted by Crippen LogP contribution is 2.31. The average Bonchev–Trinajstić information content (AvgIpc) is 3.00. The number of aryl methyl sites for hydroxylation is 1. The molecular formula is C14H19N5O2S. The maximum absolute atomic E-state index is 12.0.